The van der Waals surface area contributed by atoms with E-state index in [9.17, 15) is 4.79 Å². The molecule has 0 aliphatic carbocycles. The molecule has 0 bridgehead atoms. The van der Waals surface area contributed by atoms with E-state index in [4.69, 9.17) is 5.11 Å². The van der Waals surface area contributed by atoms with Crippen LogP contribution in [0, 0.1) is 0 Å². The molecule has 0 spiro atoms. The summed E-state index contributed by atoms with van der Waals surface area (Å²) in [6, 6.07) is 0. The van der Waals surface area contributed by atoms with Crippen LogP contribution in [0.25, 0.3) is 0 Å². The van der Waals surface area contributed by atoms with Crippen molar-refractivity contribution in [2.45, 2.75) is 5.25 Å². The second-order valence-electron chi connectivity index (χ2n) is 1.28. The molecule has 0 aromatic heterocycles. The van der Waals surface area contributed by atoms with Gasteiger partial charge in [-0.3, -0.25) is 4.79 Å². The maximum atomic E-state index is 10.1. The van der Waals surface area contributed by atoms with Crippen LogP contribution in [0.1, 0.15) is 0 Å². The molecule has 0 saturated heterocycles. The van der Waals surface area contributed by atoms with Crippen LogP contribution in [0.5, 0.6) is 0 Å². The fraction of sp³-hybridized carbons (Fsp3) is 0.250. The van der Waals surface area contributed by atoms with Crippen LogP contribution in [-0.4, -0.2) is 16.3 Å². The summed E-state index contributed by atoms with van der Waals surface area (Å²) in [4.78, 5) is 10.1. The van der Waals surface area contributed by atoms with Crippen LogP contribution in [0.15, 0.2) is 11.5 Å². The molecule has 1 unspecified atom stereocenters. The quantitative estimate of drug-likeness (QED) is 0.575. The van der Waals surface area contributed by atoms with Gasteiger partial charge in [0.1, 0.15) is 5.25 Å². The molecular formula is C4H4AuO2S2. The topological polar surface area (TPSA) is 37.3 Å². The molecule has 1 N–H and O–H groups in total. The van der Waals surface area contributed by atoms with Gasteiger partial charge in [-0.1, -0.05) is 27.7 Å². The molecule has 0 amide bonds. The maximum Gasteiger partial charge on any atom is 0.321 e. The van der Waals surface area contributed by atoms with Gasteiger partial charge in [-0.25, -0.2) is 0 Å². The third-order valence-electron chi connectivity index (χ3n) is 0.712. The van der Waals surface area contributed by atoms with Crippen LogP contribution >= 0.6 is 21.6 Å². The Kier molecular flexibility index (Phi) is 4.79. The number of rotatable bonds is 1. The number of carboxylic acid groups (broad SMARTS) is 1. The fourth-order valence-electron chi connectivity index (χ4n) is 0.351. The first-order valence-corrected chi connectivity index (χ1v) is 4.30. The third-order valence-corrected chi connectivity index (χ3v) is 2.95. The van der Waals surface area contributed by atoms with E-state index in [1.165, 1.54) is 21.6 Å². The standard InChI is InChI=1S/C4H4O2S2.Au/c5-4(6)3-1-2-7-8-3;/h1-3H,(H,5,6);. The largest absolute Gasteiger partial charge is 0.480 e. The molecular weight excluding hydrogens is 341 g/mol. The Bertz CT molecular complexity index is 137. The molecule has 0 fully saturated rings. The van der Waals surface area contributed by atoms with Gasteiger partial charge >= 0.3 is 5.97 Å². The maximum absolute atomic E-state index is 10.1. The summed E-state index contributed by atoms with van der Waals surface area (Å²) in [5.74, 6) is -0.753. The van der Waals surface area contributed by atoms with Crippen LogP contribution < -0.4 is 0 Å². The van der Waals surface area contributed by atoms with E-state index in [0.29, 0.717) is 0 Å². The molecule has 0 saturated carbocycles. The number of aliphatic carboxylic acids is 1. The Morgan fingerprint density at radius 3 is 2.56 bits per heavy atom. The Morgan fingerprint density at radius 2 is 2.33 bits per heavy atom. The predicted molar refractivity (Wildman–Crippen MR) is 35.7 cm³/mol. The minimum atomic E-state index is -0.753. The van der Waals surface area contributed by atoms with Crippen LogP contribution in [0.4, 0.5) is 0 Å². The Hall–Kier alpha value is 0.650. The first kappa shape index (κ1) is 9.65. The van der Waals surface area contributed by atoms with E-state index in [1.807, 2.05) is 0 Å². The normalized spacial score (nSPS) is 23.3. The SMILES string of the molecule is O=C(O)C1C=CSS1.[Au]. The van der Waals surface area contributed by atoms with E-state index in [2.05, 4.69) is 0 Å². The van der Waals surface area contributed by atoms with Crippen molar-refractivity contribution < 1.29 is 32.3 Å². The Balaban J connectivity index is 0.000000640. The van der Waals surface area contributed by atoms with Crippen molar-refractivity contribution in [1.29, 1.82) is 0 Å². The minimum absolute atomic E-state index is 0. The summed E-state index contributed by atoms with van der Waals surface area (Å²) in [5.41, 5.74) is 0. The second-order valence-corrected chi connectivity index (χ2v) is 3.60. The zero-order valence-corrected chi connectivity index (χ0v) is 8.00. The van der Waals surface area contributed by atoms with Gasteiger partial charge in [-0.05, 0) is 5.41 Å². The summed E-state index contributed by atoms with van der Waals surface area (Å²) in [7, 11) is 2.82. The van der Waals surface area contributed by atoms with E-state index in [0.717, 1.165) is 0 Å². The van der Waals surface area contributed by atoms with Gasteiger partial charge in [0.2, 0.25) is 0 Å². The molecule has 55 valence electrons. The molecule has 1 heterocycles. The van der Waals surface area contributed by atoms with Crippen LogP contribution in [0.2, 0.25) is 0 Å². The molecule has 9 heavy (non-hydrogen) atoms. The van der Waals surface area contributed by atoms with E-state index < -0.39 is 5.97 Å². The second kappa shape index (κ2) is 4.46. The van der Waals surface area contributed by atoms with Gasteiger partial charge < -0.3 is 5.11 Å². The smallest absolute Gasteiger partial charge is 0.321 e. The molecule has 1 radical (unpaired) electrons. The Morgan fingerprint density at radius 1 is 1.67 bits per heavy atom. The monoisotopic (exact) mass is 345 g/mol. The molecule has 0 aromatic carbocycles. The van der Waals surface area contributed by atoms with Crippen molar-refractivity contribution >= 4 is 27.6 Å². The molecule has 2 nitrogen and oxygen atoms in total. The molecule has 1 aliphatic rings. The van der Waals surface area contributed by atoms with Crippen LogP contribution in [-0.2, 0) is 27.2 Å². The number of carboxylic acids is 1. The van der Waals surface area contributed by atoms with Gasteiger partial charge in [0.15, 0.2) is 0 Å². The molecule has 0 aromatic rings. The number of hydrogen-bond donors (Lipinski definition) is 1. The van der Waals surface area contributed by atoms with E-state index in [1.54, 1.807) is 11.5 Å². The zero-order chi connectivity index (χ0) is 5.98. The molecule has 1 atom stereocenters. The van der Waals surface area contributed by atoms with Crippen molar-refractivity contribution in [3.05, 3.63) is 11.5 Å². The van der Waals surface area contributed by atoms with Gasteiger partial charge in [0.25, 0.3) is 0 Å². The van der Waals surface area contributed by atoms with E-state index in [-0.39, 0.29) is 27.6 Å². The van der Waals surface area contributed by atoms with Crippen molar-refractivity contribution in [3.63, 3.8) is 0 Å². The predicted octanol–water partition coefficient (Wildman–Crippen LogP) is 1.35. The molecule has 1 rings (SSSR count). The summed E-state index contributed by atoms with van der Waals surface area (Å²) in [6.45, 7) is 0. The number of hydrogen-bond acceptors (Lipinski definition) is 3. The first-order chi connectivity index (χ1) is 3.80. The summed E-state index contributed by atoms with van der Waals surface area (Å²) in [6.07, 6.45) is 1.68. The average Bonchev–Trinajstić information content (AvgIpc) is 2.12. The first-order valence-electron chi connectivity index (χ1n) is 2.02. The van der Waals surface area contributed by atoms with Crippen molar-refractivity contribution in [3.8, 4) is 0 Å². The van der Waals surface area contributed by atoms with Gasteiger partial charge in [-0.2, -0.15) is 0 Å². The molecule has 5 heteroatoms. The fourth-order valence-corrected chi connectivity index (χ4v) is 2.26. The van der Waals surface area contributed by atoms with E-state index >= 15 is 0 Å². The summed E-state index contributed by atoms with van der Waals surface area (Å²) in [5, 5.41) is 9.80. The average molecular weight is 345 g/mol. The van der Waals surface area contributed by atoms with Crippen molar-refractivity contribution in [2.75, 3.05) is 0 Å². The summed E-state index contributed by atoms with van der Waals surface area (Å²) < 4.78 is 0. The Labute approximate surface area is 76.4 Å². The third kappa shape index (κ3) is 2.82. The van der Waals surface area contributed by atoms with Gasteiger partial charge in [-0.15, -0.1) is 0 Å². The minimum Gasteiger partial charge on any atom is -0.480 e. The van der Waals surface area contributed by atoms with Crippen molar-refractivity contribution in [1.82, 2.24) is 0 Å². The zero-order valence-electron chi connectivity index (χ0n) is 4.21. The van der Waals surface area contributed by atoms with Gasteiger partial charge in [0.05, 0.1) is 0 Å². The molecule has 1 aliphatic heterocycles. The number of carbonyl (C=O) groups is 1. The van der Waals surface area contributed by atoms with Crippen molar-refractivity contribution in [2.24, 2.45) is 0 Å². The summed E-state index contributed by atoms with van der Waals surface area (Å²) >= 11 is 0. The van der Waals surface area contributed by atoms with Crippen LogP contribution in [0.3, 0.4) is 0 Å². The van der Waals surface area contributed by atoms with Gasteiger partial charge in [0, 0.05) is 22.4 Å².